The zero-order chi connectivity index (χ0) is 15.7. The maximum absolute atomic E-state index is 11.7. The molecule has 1 rings (SSSR count). The Morgan fingerprint density at radius 3 is 2.00 bits per heavy atom. The molecule has 0 aliphatic heterocycles. The standard InChI is InChI=1S/C15H29N3O2/c1-9(2)12(16)13(20)18-8-11(19)17-7-10-14(3,4)15(10,5)6/h9-10,12H,7-8,16H2,1-6H3,(H,17,19)(H,18,20)/t12-/m0/s1. The van der Waals surface area contributed by atoms with Crippen LogP contribution in [-0.4, -0.2) is 30.9 Å². The lowest BCUT2D eigenvalue weighted by Gasteiger charge is -2.15. The summed E-state index contributed by atoms with van der Waals surface area (Å²) in [4.78, 5) is 23.4. The zero-order valence-corrected chi connectivity index (χ0v) is 13.5. The third kappa shape index (κ3) is 3.32. The predicted octanol–water partition coefficient (Wildman–Crippen LogP) is 0.884. The van der Waals surface area contributed by atoms with E-state index in [0.29, 0.717) is 12.5 Å². The summed E-state index contributed by atoms with van der Waals surface area (Å²) in [5, 5.41) is 5.46. The summed E-state index contributed by atoms with van der Waals surface area (Å²) < 4.78 is 0. The third-order valence-electron chi connectivity index (χ3n) is 5.27. The van der Waals surface area contributed by atoms with Gasteiger partial charge in [0.1, 0.15) is 0 Å². The van der Waals surface area contributed by atoms with Gasteiger partial charge in [0.15, 0.2) is 0 Å². The fraction of sp³-hybridized carbons (Fsp3) is 0.867. The van der Waals surface area contributed by atoms with Crippen LogP contribution in [0.25, 0.3) is 0 Å². The van der Waals surface area contributed by atoms with Gasteiger partial charge in [-0.2, -0.15) is 0 Å². The second kappa shape index (κ2) is 5.72. The summed E-state index contributed by atoms with van der Waals surface area (Å²) in [6.45, 7) is 13.3. The molecule has 0 spiro atoms. The van der Waals surface area contributed by atoms with Crippen molar-refractivity contribution in [1.82, 2.24) is 10.6 Å². The van der Waals surface area contributed by atoms with Crippen LogP contribution in [0, 0.1) is 22.7 Å². The molecule has 1 aliphatic carbocycles. The third-order valence-corrected chi connectivity index (χ3v) is 5.27. The first kappa shape index (κ1) is 17.0. The van der Waals surface area contributed by atoms with Crippen LogP contribution in [0.3, 0.4) is 0 Å². The van der Waals surface area contributed by atoms with Crippen LogP contribution < -0.4 is 16.4 Å². The van der Waals surface area contributed by atoms with E-state index in [2.05, 4.69) is 38.3 Å². The molecule has 2 amide bonds. The van der Waals surface area contributed by atoms with Gasteiger partial charge < -0.3 is 16.4 Å². The van der Waals surface area contributed by atoms with Gasteiger partial charge in [-0.15, -0.1) is 0 Å². The number of nitrogens with one attached hydrogen (secondary N) is 2. The van der Waals surface area contributed by atoms with Gasteiger partial charge in [0.25, 0.3) is 0 Å². The Bertz CT molecular complexity index is 375. The van der Waals surface area contributed by atoms with Gasteiger partial charge in [0.2, 0.25) is 11.8 Å². The smallest absolute Gasteiger partial charge is 0.239 e. The van der Waals surface area contributed by atoms with Crippen molar-refractivity contribution in [2.24, 2.45) is 28.4 Å². The van der Waals surface area contributed by atoms with Crippen LogP contribution in [0.1, 0.15) is 41.5 Å². The quantitative estimate of drug-likeness (QED) is 0.676. The molecule has 0 aromatic heterocycles. The molecule has 0 heterocycles. The molecule has 5 heteroatoms. The fourth-order valence-electron chi connectivity index (χ4n) is 2.71. The second-order valence-corrected chi connectivity index (χ2v) is 7.29. The molecule has 1 fully saturated rings. The average Bonchev–Trinajstić information content (AvgIpc) is 2.73. The Labute approximate surface area is 122 Å². The molecule has 5 nitrogen and oxygen atoms in total. The lowest BCUT2D eigenvalue weighted by Crippen LogP contribution is -2.47. The van der Waals surface area contributed by atoms with E-state index in [0.717, 1.165) is 0 Å². The van der Waals surface area contributed by atoms with E-state index in [-0.39, 0.29) is 35.1 Å². The highest BCUT2D eigenvalue weighted by molar-refractivity contribution is 5.87. The van der Waals surface area contributed by atoms with Crippen LogP contribution >= 0.6 is 0 Å². The van der Waals surface area contributed by atoms with Gasteiger partial charge in [-0.05, 0) is 22.7 Å². The number of carbonyl (C=O) groups is 2. The van der Waals surface area contributed by atoms with E-state index in [1.165, 1.54) is 0 Å². The van der Waals surface area contributed by atoms with Gasteiger partial charge >= 0.3 is 0 Å². The summed E-state index contributed by atoms with van der Waals surface area (Å²) in [5.41, 5.74) is 6.21. The van der Waals surface area contributed by atoms with Crippen molar-refractivity contribution in [1.29, 1.82) is 0 Å². The maximum atomic E-state index is 11.7. The number of hydrogen-bond acceptors (Lipinski definition) is 3. The molecule has 20 heavy (non-hydrogen) atoms. The molecule has 0 saturated heterocycles. The molecule has 0 unspecified atom stereocenters. The van der Waals surface area contributed by atoms with E-state index >= 15 is 0 Å². The number of amides is 2. The van der Waals surface area contributed by atoms with E-state index in [1.807, 2.05) is 13.8 Å². The highest BCUT2D eigenvalue weighted by Crippen LogP contribution is 2.67. The highest BCUT2D eigenvalue weighted by atomic mass is 16.2. The Kier molecular flexibility index (Phi) is 4.85. The summed E-state index contributed by atoms with van der Waals surface area (Å²) >= 11 is 0. The highest BCUT2D eigenvalue weighted by Gasteiger charge is 2.64. The maximum Gasteiger partial charge on any atom is 0.239 e. The monoisotopic (exact) mass is 283 g/mol. The normalized spacial score (nSPS) is 21.4. The van der Waals surface area contributed by atoms with Gasteiger partial charge in [0.05, 0.1) is 12.6 Å². The van der Waals surface area contributed by atoms with E-state index in [4.69, 9.17) is 5.73 Å². The van der Waals surface area contributed by atoms with Crippen molar-refractivity contribution < 1.29 is 9.59 Å². The molecule has 116 valence electrons. The molecule has 0 aromatic rings. The van der Waals surface area contributed by atoms with Gasteiger partial charge in [0, 0.05) is 6.54 Å². The summed E-state index contributed by atoms with van der Waals surface area (Å²) in [7, 11) is 0. The Hall–Kier alpha value is -1.10. The second-order valence-electron chi connectivity index (χ2n) is 7.29. The first-order valence-corrected chi connectivity index (χ1v) is 7.31. The van der Waals surface area contributed by atoms with Gasteiger partial charge in [-0.25, -0.2) is 0 Å². The van der Waals surface area contributed by atoms with Crippen molar-refractivity contribution in [2.45, 2.75) is 47.6 Å². The van der Waals surface area contributed by atoms with Crippen molar-refractivity contribution in [3.8, 4) is 0 Å². The molecule has 0 radical (unpaired) electrons. The van der Waals surface area contributed by atoms with E-state index < -0.39 is 6.04 Å². The minimum atomic E-state index is -0.566. The van der Waals surface area contributed by atoms with E-state index in [9.17, 15) is 9.59 Å². The van der Waals surface area contributed by atoms with Gasteiger partial charge in [-0.3, -0.25) is 9.59 Å². The first-order valence-electron chi connectivity index (χ1n) is 7.31. The first-order chi connectivity index (χ1) is 9.01. The Morgan fingerprint density at radius 2 is 1.60 bits per heavy atom. The summed E-state index contributed by atoms with van der Waals surface area (Å²) in [6.07, 6.45) is 0. The molecule has 1 aliphatic rings. The summed E-state index contributed by atoms with van der Waals surface area (Å²) in [6, 6.07) is -0.566. The largest absolute Gasteiger partial charge is 0.354 e. The minimum Gasteiger partial charge on any atom is -0.354 e. The molecular weight excluding hydrogens is 254 g/mol. The lowest BCUT2D eigenvalue weighted by atomic mass is 10.0. The van der Waals surface area contributed by atoms with Crippen molar-refractivity contribution in [2.75, 3.05) is 13.1 Å². The summed E-state index contributed by atoms with van der Waals surface area (Å²) in [5.74, 6) is 0.105. The SMILES string of the molecule is CC(C)[C@H](N)C(=O)NCC(=O)NCC1C(C)(C)C1(C)C. The predicted molar refractivity (Wildman–Crippen MR) is 79.9 cm³/mol. The molecule has 4 N–H and O–H groups in total. The molecule has 0 aromatic carbocycles. The number of nitrogens with two attached hydrogens (primary N) is 1. The fourth-order valence-corrected chi connectivity index (χ4v) is 2.71. The Morgan fingerprint density at radius 1 is 1.10 bits per heavy atom. The molecular formula is C15H29N3O2. The lowest BCUT2D eigenvalue weighted by molar-refractivity contribution is -0.127. The van der Waals surface area contributed by atoms with Gasteiger partial charge in [-0.1, -0.05) is 41.5 Å². The van der Waals surface area contributed by atoms with E-state index in [1.54, 1.807) is 0 Å². The Balaban J connectivity index is 2.28. The van der Waals surface area contributed by atoms with Crippen molar-refractivity contribution in [3.05, 3.63) is 0 Å². The number of hydrogen-bond donors (Lipinski definition) is 3. The van der Waals surface area contributed by atoms with Crippen molar-refractivity contribution >= 4 is 11.8 Å². The topological polar surface area (TPSA) is 84.2 Å². The van der Waals surface area contributed by atoms with Crippen LogP contribution in [-0.2, 0) is 9.59 Å². The molecule has 1 atom stereocenters. The average molecular weight is 283 g/mol. The van der Waals surface area contributed by atoms with Crippen LogP contribution in [0.4, 0.5) is 0 Å². The van der Waals surface area contributed by atoms with Crippen LogP contribution in [0.5, 0.6) is 0 Å². The zero-order valence-electron chi connectivity index (χ0n) is 13.5. The molecule has 1 saturated carbocycles. The number of carbonyl (C=O) groups excluding carboxylic acids is 2. The number of rotatable bonds is 6. The molecule has 0 bridgehead atoms. The van der Waals surface area contributed by atoms with Crippen molar-refractivity contribution in [3.63, 3.8) is 0 Å². The minimum absolute atomic E-state index is 0.00711. The van der Waals surface area contributed by atoms with Crippen LogP contribution in [0.15, 0.2) is 0 Å². The van der Waals surface area contributed by atoms with Crippen LogP contribution in [0.2, 0.25) is 0 Å².